The van der Waals surface area contributed by atoms with Crippen LogP contribution >= 0.6 is 0 Å². The number of aromatic nitrogens is 5. The Morgan fingerprint density at radius 3 is 2.41 bits per heavy atom. The number of H-pyrrole nitrogens is 1. The lowest BCUT2D eigenvalue weighted by molar-refractivity contribution is 0.202. The molecule has 4 heterocycles. The lowest BCUT2D eigenvalue weighted by atomic mass is 9.93. The van der Waals surface area contributed by atoms with Crippen molar-refractivity contribution in [3.05, 3.63) is 82.5 Å². The summed E-state index contributed by atoms with van der Waals surface area (Å²) in [6.07, 6.45) is 3.56. The summed E-state index contributed by atoms with van der Waals surface area (Å²) in [7, 11) is 2.11. The third-order valence-electron chi connectivity index (χ3n) is 6.96. The number of piperazine rings is 1. The van der Waals surface area contributed by atoms with Crippen molar-refractivity contribution in [3.8, 4) is 11.3 Å². The number of pyridine rings is 1. The van der Waals surface area contributed by atoms with E-state index in [9.17, 15) is 14.3 Å². The van der Waals surface area contributed by atoms with E-state index in [0.717, 1.165) is 37.6 Å². The molecule has 12 heteroatoms. The molecule has 3 aromatic heterocycles. The maximum Gasteiger partial charge on any atom is 0.287 e. The topological polar surface area (TPSA) is 135 Å². The molecular weight excluding hydrogens is 525 g/mol. The molecule has 1 unspecified atom stereocenters. The number of likely N-dealkylation sites (N-methyl/N-ethyl adjacent to an activating group) is 1. The van der Waals surface area contributed by atoms with Crippen LogP contribution in [0.5, 0.6) is 0 Å². The quantitative estimate of drug-likeness (QED) is 0.249. The Morgan fingerprint density at radius 1 is 0.976 bits per heavy atom. The molecule has 1 aliphatic heterocycles. The Bertz CT molecular complexity index is 1540. The zero-order chi connectivity index (χ0) is 29.1. The fraction of sp³-hybridized carbons (Fsp3) is 0.345. The number of hydrogen-bond donors (Lipinski definition) is 4. The van der Waals surface area contributed by atoms with Crippen molar-refractivity contribution in [1.82, 2.24) is 30.0 Å². The molecular formula is C29H34FN9O2. The van der Waals surface area contributed by atoms with Gasteiger partial charge in [-0.05, 0) is 43.4 Å². The summed E-state index contributed by atoms with van der Waals surface area (Å²) in [6.45, 7) is 9.89. The lowest BCUT2D eigenvalue weighted by Crippen LogP contribution is -2.44. The van der Waals surface area contributed by atoms with Crippen molar-refractivity contribution in [3.63, 3.8) is 0 Å². The van der Waals surface area contributed by atoms with Crippen LogP contribution in [0.15, 0.2) is 59.8 Å². The second kappa shape index (κ2) is 11.6. The molecule has 0 spiro atoms. The largest absolute Gasteiger partial charge is 0.368 e. The third kappa shape index (κ3) is 6.67. The summed E-state index contributed by atoms with van der Waals surface area (Å²) in [5.74, 6) is -0.0619. The molecule has 0 amide bonds. The number of nitrogens with zero attached hydrogens (tertiary/aromatic N) is 6. The average molecular weight is 560 g/mol. The number of aliphatic hydroxyl groups excluding tert-OH is 1. The van der Waals surface area contributed by atoms with Gasteiger partial charge in [-0.15, -0.1) is 0 Å². The first kappa shape index (κ1) is 28.1. The molecule has 41 heavy (non-hydrogen) atoms. The van der Waals surface area contributed by atoms with E-state index in [2.05, 4.69) is 52.6 Å². The van der Waals surface area contributed by atoms with Gasteiger partial charge in [0.05, 0.1) is 35.2 Å². The van der Waals surface area contributed by atoms with Crippen LogP contribution in [-0.2, 0) is 5.41 Å². The Labute approximate surface area is 237 Å². The number of nitrogens with one attached hydrogen (secondary N) is 3. The summed E-state index contributed by atoms with van der Waals surface area (Å²) >= 11 is 0. The Kier molecular flexibility index (Phi) is 7.95. The number of benzene rings is 1. The predicted octanol–water partition coefficient (Wildman–Crippen LogP) is 3.66. The molecule has 4 aromatic rings. The van der Waals surface area contributed by atoms with Crippen LogP contribution in [0.4, 0.5) is 27.3 Å². The van der Waals surface area contributed by atoms with Crippen LogP contribution in [0.3, 0.4) is 0 Å². The minimum absolute atomic E-state index is 0.0420. The molecule has 11 nitrogen and oxygen atoms in total. The van der Waals surface area contributed by atoms with E-state index < -0.39 is 17.6 Å². The van der Waals surface area contributed by atoms with Crippen molar-refractivity contribution >= 4 is 22.9 Å². The summed E-state index contributed by atoms with van der Waals surface area (Å²) in [4.78, 5) is 30.2. The van der Waals surface area contributed by atoms with Gasteiger partial charge in [-0.1, -0.05) is 20.8 Å². The number of halogens is 1. The van der Waals surface area contributed by atoms with Crippen LogP contribution in [0.1, 0.15) is 38.4 Å². The SMILES string of the molecule is CN1CCN(c2ccc(Nc3cc(-c4ccc(F)c(NC(O)c5cnc(C(C)(C)C)cn5)c4)n[nH]c3=O)nc2)CC1. The maximum absolute atomic E-state index is 14.7. The van der Waals surface area contributed by atoms with Gasteiger partial charge >= 0.3 is 0 Å². The van der Waals surface area contributed by atoms with Gasteiger partial charge in [-0.25, -0.2) is 14.5 Å². The molecule has 4 N–H and O–H groups in total. The zero-order valence-electron chi connectivity index (χ0n) is 23.5. The molecule has 1 aromatic carbocycles. The molecule has 1 fully saturated rings. The van der Waals surface area contributed by atoms with Crippen molar-refractivity contribution in [2.24, 2.45) is 0 Å². The van der Waals surface area contributed by atoms with Crippen LogP contribution in [-0.4, -0.2) is 68.4 Å². The molecule has 0 bridgehead atoms. The fourth-order valence-electron chi connectivity index (χ4n) is 4.38. The van der Waals surface area contributed by atoms with E-state index in [4.69, 9.17) is 0 Å². The minimum Gasteiger partial charge on any atom is -0.368 e. The highest BCUT2D eigenvalue weighted by Crippen LogP contribution is 2.27. The summed E-state index contributed by atoms with van der Waals surface area (Å²) in [5.41, 5.74) is 2.64. The van der Waals surface area contributed by atoms with Gasteiger partial charge in [0.2, 0.25) is 0 Å². The molecule has 5 rings (SSSR count). The first-order valence-electron chi connectivity index (χ1n) is 13.4. The maximum atomic E-state index is 14.7. The third-order valence-corrected chi connectivity index (χ3v) is 6.96. The summed E-state index contributed by atoms with van der Waals surface area (Å²) in [5, 5.41) is 23.0. The lowest BCUT2D eigenvalue weighted by Gasteiger charge is -2.33. The average Bonchev–Trinajstić information content (AvgIpc) is 2.96. The fourth-order valence-corrected chi connectivity index (χ4v) is 4.38. The molecule has 1 atom stereocenters. The van der Waals surface area contributed by atoms with Gasteiger partial charge in [-0.2, -0.15) is 5.10 Å². The van der Waals surface area contributed by atoms with Crippen molar-refractivity contribution < 1.29 is 9.50 Å². The van der Waals surface area contributed by atoms with Gasteiger partial charge in [0.25, 0.3) is 5.56 Å². The molecule has 214 valence electrons. The van der Waals surface area contributed by atoms with Crippen LogP contribution in [0.2, 0.25) is 0 Å². The first-order chi connectivity index (χ1) is 19.6. The van der Waals surface area contributed by atoms with E-state index in [1.807, 2.05) is 32.9 Å². The standard InChI is InChI=1S/C29H34FN9O2/c1-29(2,3)25-17-31-24(16-32-25)27(40)35-22-13-18(5-7-20(22)30)21-14-23(28(41)37-36-21)34-26-8-6-19(15-33-26)39-11-9-38(4)10-12-39/h5-8,13-17,27,35,40H,9-12H2,1-4H3,(H,37,41)(H,33,34,36). The van der Waals surface area contributed by atoms with E-state index in [0.29, 0.717) is 17.1 Å². The van der Waals surface area contributed by atoms with E-state index in [1.165, 1.54) is 18.3 Å². The van der Waals surface area contributed by atoms with Crippen molar-refractivity contribution in [2.75, 3.05) is 48.8 Å². The predicted molar refractivity (Wildman–Crippen MR) is 157 cm³/mol. The molecule has 0 saturated carbocycles. The summed E-state index contributed by atoms with van der Waals surface area (Å²) in [6, 6.07) is 9.67. The monoisotopic (exact) mass is 559 g/mol. The van der Waals surface area contributed by atoms with Gasteiger partial charge in [0.15, 0.2) is 6.23 Å². The van der Waals surface area contributed by atoms with Crippen molar-refractivity contribution in [1.29, 1.82) is 0 Å². The highest BCUT2D eigenvalue weighted by Gasteiger charge is 2.19. The number of aromatic amines is 1. The zero-order valence-corrected chi connectivity index (χ0v) is 23.5. The van der Waals surface area contributed by atoms with Gasteiger partial charge in [-0.3, -0.25) is 14.8 Å². The van der Waals surface area contributed by atoms with E-state index in [-0.39, 0.29) is 22.5 Å². The number of hydrogen-bond acceptors (Lipinski definition) is 10. The Hall–Kier alpha value is -4.42. The smallest absolute Gasteiger partial charge is 0.287 e. The normalized spacial score (nSPS) is 15.0. The van der Waals surface area contributed by atoms with Gasteiger partial charge in [0.1, 0.15) is 23.0 Å². The summed E-state index contributed by atoms with van der Waals surface area (Å²) < 4.78 is 14.7. The number of aliphatic hydroxyl groups is 1. The van der Waals surface area contributed by atoms with Crippen molar-refractivity contribution in [2.45, 2.75) is 32.4 Å². The number of anilines is 4. The van der Waals surface area contributed by atoms with E-state index >= 15 is 0 Å². The minimum atomic E-state index is -1.29. The molecule has 0 radical (unpaired) electrons. The van der Waals surface area contributed by atoms with E-state index in [1.54, 1.807) is 24.5 Å². The van der Waals surface area contributed by atoms with Gasteiger partial charge in [0, 0.05) is 43.4 Å². The second-order valence-electron chi connectivity index (χ2n) is 11.1. The van der Waals surface area contributed by atoms with Crippen LogP contribution in [0.25, 0.3) is 11.3 Å². The van der Waals surface area contributed by atoms with Crippen LogP contribution in [0, 0.1) is 5.82 Å². The molecule has 0 aliphatic carbocycles. The highest BCUT2D eigenvalue weighted by atomic mass is 19.1. The highest BCUT2D eigenvalue weighted by molar-refractivity contribution is 5.69. The number of rotatable bonds is 7. The molecule has 1 saturated heterocycles. The van der Waals surface area contributed by atoms with Gasteiger partial charge < -0.3 is 25.5 Å². The first-order valence-corrected chi connectivity index (χ1v) is 13.4. The van der Waals surface area contributed by atoms with Crippen LogP contribution < -0.4 is 21.1 Å². The molecule has 1 aliphatic rings. The second-order valence-corrected chi connectivity index (χ2v) is 11.1. The Morgan fingerprint density at radius 2 is 1.76 bits per heavy atom. The Balaban J connectivity index is 1.31.